The second-order valence-electron chi connectivity index (χ2n) is 5.76. The van der Waals surface area contributed by atoms with Gasteiger partial charge in [0.05, 0.1) is 19.8 Å². The zero-order valence-electron chi connectivity index (χ0n) is 14.1. The summed E-state index contributed by atoms with van der Waals surface area (Å²) in [5.74, 6) is 0.0757. The Bertz CT molecular complexity index is 481. The first-order valence-electron chi connectivity index (χ1n) is 8.32. The third-order valence-corrected chi connectivity index (χ3v) is 6.60. The summed E-state index contributed by atoms with van der Waals surface area (Å²) < 4.78 is 33.2. The topological polar surface area (TPSA) is 73.4 Å². The summed E-state index contributed by atoms with van der Waals surface area (Å²) in [4.78, 5) is 16.2. The van der Waals surface area contributed by atoms with Crippen molar-refractivity contribution in [3.8, 4) is 0 Å². The smallest absolute Gasteiger partial charge is 0.282 e. The van der Waals surface area contributed by atoms with Gasteiger partial charge >= 0.3 is 0 Å². The molecule has 0 bridgehead atoms. The molecule has 0 aliphatic carbocycles. The molecule has 9 heteroatoms. The molecule has 2 heterocycles. The quantitative estimate of drug-likeness (QED) is 0.619. The first-order chi connectivity index (χ1) is 11.0. The molecule has 0 N–H and O–H groups in total. The zero-order chi connectivity index (χ0) is 16.9. The van der Waals surface area contributed by atoms with Crippen LogP contribution in [0.4, 0.5) is 0 Å². The van der Waals surface area contributed by atoms with Gasteiger partial charge in [-0.1, -0.05) is 13.8 Å². The molecule has 2 aliphatic rings. The van der Waals surface area contributed by atoms with E-state index in [1.54, 1.807) is 4.90 Å². The third-order valence-electron chi connectivity index (χ3n) is 4.41. The van der Waals surface area contributed by atoms with E-state index in [9.17, 15) is 13.2 Å². The molecular formula is C14H28N4O4S. The average molecular weight is 348 g/mol. The van der Waals surface area contributed by atoms with Crippen LogP contribution in [0.1, 0.15) is 13.8 Å². The van der Waals surface area contributed by atoms with Crippen molar-refractivity contribution in [2.24, 2.45) is 0 Å². The van der Waals surface area contributed by atoms with E-state index in [0.717, 1.165) is 13.1 Å². The van der Waals surface area contributed by atoms with Crippen LogP contribution in [0.5, 0.6) is 0 Å². The van der Waals surface area contributed by atoms with E-state index >= 15 is 0 Å². The highest BCUT2D eigenvalue weighted by Crippen LogP contribution is 2.12. The fourth-order valence-electron chi connectivity index (χ4n) is 2.93. The van der Waals surface area contributed by atoms with Crippen molar-refractivity contribution in [3.63, 3.8) is 0 Å². The van der Waals surface area contributed by atoms with Gasteiger partial charge in [0.25, 0.3) is 10.2 Å². The van der Waals surface area contributed by atoms with Crippen LogP contribution in [-0.2, 0) is 19.7 Å². The van der Waals surface area contributed by atoms with Crippen molar-refractivity contribution >= 4 is 16.1 Å². The summed E-state index contributed by atoms with van der Waals surface area (Å²) in [6.07, 6.45) is 0. The van der Waals surface area contributed by atoms with E-state index < -0.39 is 10.2 Å². The van der Waals surface area contributed by atoms with E-state index in [0.29, 0.717) is 59.0 Å². The van der Waals surface area contributed by atoms with Crippen molar-refractivity contribution in [2.75, 3.05) is 72.1 Å². The van der Waals surface area contributed by atoms with Crippen molar-refractivity contribution in [1.82, 2.24) is 18.4 Å². The number of carbonyl (C=O) groups is 1. The maximum Gasteiger partial charge on any atom is 0.282 e. The third kappa shape index (κ3) is 4.63. The van der Waals surface area contributed by atoms with Gasteiger partial charge in [-0.3, -0.25) is 9.69 Å². The number of rotatable bonds is 6. The second-order valence-corrected chi connectivity index (χ2v) is 7.69. The number of morpholine rings is 1. The lowest BCUT2D eigenvalue weighted by Crippen LogP contribution is -2.55. The molecule has 0 aromatic carbocycles. The largest absolute Gasteiger partial charge is 0.379 e. The zero-order valence-corrected chi connectivity index (χ0v) is 14.9. The SMILES string of the molecule is CCN(CC)S(=O)(=O)N1CCN(C(=O)CN2CCOCC2)CC1. The van der Waals surface area contributed by atoms with Gasteiger partial charge in [-0.25, -0.2) is 0 Å². The Kier molecular flexibility index (Phi) is 6.78. The van der Waals surface area contributed by atoms with Gasteiger partial charge in [0.2, 0.25) is 5.91 Å². The maximum absolute atomic E-state index is 12.5. The van der Waals surface area contributed by atoms with Crippen molar-refractivity contribution in [3.05, 3.63) is 0 Å². The number of amides is 1. The van der Waals surface area contributed by atoms with Crippen LogP contribution < -0.4 is 0 Å². The number of hydrogen-bond donors (Lipinski definition) is 0. The minimum Gasteiger partial charge on any atom is -0.379 e. The normalized spacial score (nSPS) is 21.8. The molecule has 0 unspecified atom stereocenters. The molecule has 0 spiro atoms. The van der Waals surface area contributed by atoms with Gasteiger partial charge in [0.1, 0.15) is 0 Å². The molecule has 2 aliphatic heterocycles. The molecule has 23 heavy (non-hydrogen) atoms. The predicted octanol–water partition coefficient (Wildman–Crippen LogP) is -0.951. The summed E-state index contributed by atoms with van der Waals surface area (Å²) in [7, 11) is -3.40. The van der Waals surface area contributed by atoms with Crippen LogP contribution in [0.15, 0.2) is 0 Å². The summed E-state index contributed by atoms with van der Waals surface area (Å²) in [6, 6.07) is 0. The molecule has 0 aromatic rings. The lowest BCUT2D eigenvalue weighted by Gasteiger charge is -2.37. The van der Waals surface area contributed by atoms with Gasteiger partial charge in [0, 0.05) is 52.4 Å². The Morgan fingerprint density at radius 2 is 1.57 bits per heavy atom. The number of hydrogen-bond acceptors (Lipinski definition) is 5. The van der Waals surface area contributed by atoms with Crippen LogP contribution >= 0.6 is 0 Å². The van der Waals surface area contributed by atoms with Crippen molar-refractivity contribution < 1.29 is 17.9 Å². The Morgan fingerprint density at radius 1 is 1.00 bits per heavy atom. The van der Waals surface area contributed by atoms with Gasteiger partial charge in [-0.15, -0.1) is 0 Å². The Labute approximate surface area is 139 Å². The lowest BCUT2D eigenvalue weighted by molar-refractivity contribution is -0.134. The molecule has 1 amide bonds. The molecule has 2 rings (SSSR count). The van der Waals surface area contributed by atoms with Gasteiger partial charge in [-0.2, -0.15) is 17.0 Å². The molecule has 0 radical (unpaired) electrons. The molecule has 0 saturated carbocycles. The van der Waals surface area contributed by atoms with E-state index in [1.807, 2.05) is 13.8 Å². The highest BCUT2D eigenvalue weighted by atomic mass is 32.2. The van der Waals surface area contributed by atoms with Crippen molar-refractivity contribution in [1.29, 1.82) is 0 Å². The molecule has 134 valence electrons. The summed E-state index contributed by atoms with van der Waals surface area (Å²) in [5.41, 5.74) is 0. The Hall–Kier alpha value is -0.740. The summed E-state index contributed by atoms with van der Waals surface area (Å²) >= 11 is 0. The van der Waals surface area contributed by atoms with E-state index in [1.165, 1.54) is 8.61 Å². The molecule has 2 fully saturated rings. The highest BCUT2D eigenvalue weighted by Gasteiger charge is 2.32. The fourth-order valence-corrected chi connectivity index (χ4v) is 4.54. The van der Waals surface area contributed by atoms with Crippen LogP contribution in [-0.4, -0.2) is 105 Å². The first-order valence-corrected chi connectivity index (χ1v) is 9.71. The number of ether oxygens (including phenoxy) is 1. The predicted molar refractivity (Wildman–Crippen MR) is 87.3 cm³/mol. The minimum atomic E-state index is -3.40. The van der Waals surface area contributed by atoms with E-state index in [-0.39, 0.29) is 5.91 Å². The van der Waals surface area contributed by atoms with Crippen LogP contribution in [0.25, 0.3) is 0 Å². The van der Waals surface area contributed by atoms with Gasteiger partial charge in [0.15, 0.2) is 0 Å². The van der Waals surface area contributed by atoms with E-state index in [2.05, 4.69) is 4.90 Å². The number of piperazine rings is 1. The fraction of sp³-hybridized carbons (Fsp3) is 0.929. The molecule has 2 saturated heterocycles. The average Bonchev–Trinajstić information content (AvgIpc) is 2.56. The Balaban J connectivity index is 1.84. The van der Waals surface area contributed by atoms with E-state index in [4.69, 9.17) is 4.74 Å². The molecule has 0 atom stereocenters. The number of carbonyl (C=O) groups excluding carboxylic acids is 1. The Morgan fingerprint density at radius 3 is 2.09 bits per heavy atom. The minimum absolute atomic E-state index is 0.0757. The van der Waals surface area contributed by atoms with Crippen LogP contribution in [0.3, 0.4) is 0 Å². The summed E-state index contributed by atoms with van der Waals surface area (Å²) in [6.45, 7) is 9.56. The molecule has 0 aromatic heterocycles. The molecule has 8 nitrogen and oxygen atoms in total. The number of nitrogens with zero attached hydrogens (tertiary/aromatic N) is 4. The second kappa shape index (κ2) is 8.39. The molecular weight excluding hydrogens is 320 g/mol. The monoisotopic (exact) mass is 348 g/mol. The van der Waals surface area contributed by atoms with Crippen LogP contribution in [0, 0.1) is 0 Å². The van der Waals surface area contributed by atoms with Crippen LogP contribution in [0.2, 0.25) is 0 Å². The van der Waals surface area contributed by atoms with Crippen molar-refractivity contribution in [2.45, 2.75) is 13.8 Å². The maximum atomic E-state index is 12.5. The van der Waals surface area contributed by atoms with Gasteiger partial charge in [-0.05, 0) is 0 Å². The summed E-state index contributed by atoms with van der Waals surface area (Å²) in [5, 5.41) is 0. The highest BCUT2D eigenvalue weighted by molar-refractivity contribution is 7.86. The first kappa shape index (κ1) is 18.6. The lowest BCUT2D eigenvalue weighted by atomic mass is 10.3. The van der Waals surface area contributed by atoms with Gasteiger partial charge < -0.3 is 9.64 Å². The standard InChI is InChI=1S/C14H28N4O4S/c1-3-17(4-2)23(20,21)18-7-5-16(6-8-18)14(19)13-15-9-11-22-12-10-15/h3-13H2,1-2H3.